The second-order valence-electron chi connectivity index (χ2n) is 3.48. The lowest BCUT2D eigenvalue weighted by atomic mass is 10.2. The molecule has 0 fully saturated rings. The summed E-state index contributed by atoms with van der Waals surface area (Å²) >= 11 is 3.32. The van der Waals surface area contributed by atoms with E-state index in [0.717, 1.165) is 16.7 Å². The summed E-state index contributed by atoms with van der Waals surface area (Å²) < 4.78 is 0.784. The predicted octanol–water partition coefficient (Wildman–Crippen LogP) is 2.36. The van der Waals surface area contributed by atoms with E-state index >= 15 is 0 Å². The van der Waals surface area contributed by atoms with Crippen LogP contribution in [0.25, 0.3) is 0 Å². The average molecular weight is 269 g/mol. The van der Waals surface area contributed by atoms with E-state index in [1.54, 1.807) is 6.07 Å². The van der Waals surface area contributed by atoms with E-state index in [-0.39, 0.29) is 12.5 Å². The molecule has 0 aromatic heterocycles. The maximum absolute atomic E-state index is 8.86. The first-order chi connectivity index (χ1) is 7.17. The SMILES string of the molecule is CC(CO)CNc1ccc(C#N)c(Br)c1. The number of aliphatic hydroxyl groups excluding tert-OH is 1. The Morgan fingerprint density at radius 3 is 2.87 bits per heavy atom. The van der Waals surface area contributed by atoms with Gasteiger partial charge in [0.15, 0.2) is 0 Å². The van der Waals surface area contributed by atoms with Crippen LogP contribution in [0.3, 0.4) is 0 Å². The van der Waals surface area contributed by atoms with E-state index in [1.165, 1.54) is 0 Å². The number of hydrogen-bond donors (Lipinski definition) is 2. The lowest BCUT2D eigenvalue weighted by molar-refractivity contribution is 0.244. The minimum Gasteiger partial charge on any atom is -0.396 e. The molecule has 0 aliphatic heterocycles. The van der Waals surface area contributed by atoms with Crippen molar-refractivity contribution < 1.29 is 5.11 Å². The van der Waals surface area contributed by atoms with Crippen LogP contribution in [-0.2, 0) is 0 Å². The first kappa shape index (κ1) is 12.0. The van der Waals surface area contributed by atoms with Crippen molar-refractivity contribution in [1.29, 1.82) is 5.26 Å². The quantitative estimate of drug-likeness (QED) is 0.882. The summed E-state index contributed by atoms with van der Waals surface area (Å²) in [5.41, 5.74) is 1.57. The molecule has 0 amide bonds. The molecule has 2 N–H and O–H groups in total. The summed E-state index contributed by atoms with van der Waals surface area (Å²) in [6.07, 6.45) is 0. The first-order valence-corrected chi connectivity index (χ1v) is 5.51. The normalized spacial score (nSPS) is 11.9. The molecule has 0 aliphatic rings. The number of nitrogens with one attached hydrogen (secondary N) is 1. The lowest BCUT2D eigenvalue weighted by Crippen LogP contribution is -2.14. The van der Waals surface area contributed by atoms with Gasteiger partial charge in [-0.1, -0.05) is 6.92 Å². The summed E-state index contributed by atoms with van der Waals surface area (Å²) in [6, 6.07) is 7.56. The van der Waals surface area contributed by atoms with E-state index in [9.17, 15) is 0 Å². The Balaban J connectivity index is 2.64. The number of hydrogen-bond acceptors (Lipinski definition) is 3. The van der Waals surface area contributed by atoms with Gasteiger partial charge >= 0.3 is 0 Å². The fraction of sp³-hybridized carbons (Fsp3) is 0.364. The van der Waals surface area contributed by atoms with Gasteiger partial charge in [-0.3, -0.25) is 0 Å². The molecule has 0 saturated heterocycles. The molecule has 0 heterocycles. The van der Waals surface area contributed by atoms with Crippen LogP contribution in [0.15, 0.2) is 22.7 Å². The highest BCUT2D eigenvalue weighted by Gasteiger charge is 2.02. The molecule has 80 valence electrons. The standard InChI is InChI=1S/C11H13BrN2O/c1-8(7-15)6-14-10-3-2-9(5-13)11(12)4-10/h2-4,8,14-15H,6-7H2,1H3. The predicted molar refractivity (Wildman–Crippen MR) is 63.6 cm³/mol. The summed E-state index contributed by atoms with van der Waals surface area (Å²) in [6.45, 7) is 2.85. The molecule has 0 aliphatic carbocycles. The molecule has 1 atom stereocenters. The third-order valence-electron chi connectivity index (χ3n) is 2.06. The van der Waals surface area contributed by atoms with Gasteiger partial charge in [0, 0.05) is 23.3 Å². The van der Waals surface area contributed by atoms with Crippen LogP contribution in [0.5, 0.6) is 0 Å². The van der Waals surface area contributed by atoms with Gasteiger partial charge in [0.25, 0.3) is 0 Å². The summed E-state index contributed by atoms with van der Waals surface area (Å²) in [4.78, 5) is 0. The fourth-order valence-electron chi connectivity index (χ4n) is 1.07. The van der Waals surface area contributed by atoms with Crippen molar-refractivity contribution in [3.8, 4) is 6.07 Å². The zero-order chi connectivity index (χ0) is 11.3. The number of anilines is 1. The van der Waals surface area contributed by atoms with Gasteiger partial charge < -0.3 is 10.4 Å². The van der Waals surface area contributed by atoms with Crippen LogP contribution < -0.4 is 5.32 Å². The first-order valence-electron chi connectivity index (χ1n) is 4.71. The summed E-state index contributed by atoms with van der Waals surface area (Å²) in [5, 5.41) is 20.8. The average Bonchev–Trinajstić information content (AvgIpc) is 2.26. The van der Waals surface area contributed by atoms with E-state index in [1.807, 2.05) is 19.1 Å². The number of aliphatic hydroxyl groups is 1. The van der Waals surface area contributed by atoms with Crippen LogP contribution in [0.4, 0.5) is 5.69 Å². The zero-order valence-corrected chi connectivity index (χ0v) is 10.1. The Bertz CT molecular complexity index is 373. The molecule has 1 aromatic rings. The van der Waals surface area contributed by atoms with Crippen molar-refractivity contribution in [2.75, 3.05) is 18.5 Å². The van der Waals surface area contributed by atoms with Gasteiger partial charge in [-0.25, -0.2) is 0 Å². The monoisotopic (exact) mass is 268 g/mol. The summed E-state index contributed by atoms with van der Waals surface area (Å²) in [7, 11) is 0. The second-order valence-corrected chi connectivity index (χ2v) is 4.33. The molecule has 1 unspecified atom stereocenters. The Labute approximate surface area is 97.9 Å². The Kier molecular flexibility index (Phi) is 4.60. The van der Waals surface area contributed by atoms with Gasteiger partial charge in [0.2, 0.25) is 0 Å². The summed E-state index contributed by atoms with van der Waals surface area (Å²) in [5.74, 6) is 0.222. The minimum atomic E-state index is 0.171. The molecule has 15 heavy (non-hydrogen) atoms. The van der Waals surface area contributed by atoms with E-state index in [4.69, 9.17) is 10.4 Å². The second kappa shape index (κ2) is 5.74. The highest BCUT2D eigenvalue weighted by Crippen LogP contribution is 2.20. The molecule has 0 spiro atoms. The van der Waals surface area contributed by atoms with Crippen molar-refractivity contribution in [2.24, 2.45) is 5.92 Å². The largest absolute Gasteiger partial charge is 0.396 e. The molecular weight excluding hydrogens is 256 g/mol. The molecule has 1 rings (SSSR count). The molecule has 1 aromatic carbocycles. The zero-order valence-electron chi connectivity index (χ0n) is 8.50. The van der Waals surface area contributed by atoms with Gasteiger partial charge in [-0.05, 0) is 40.0 Å². The Hall–Kier alpha value is -1.05. The number of halogens is 1. The third-order valence-corrected chi connectivity index (χ3v) is 2.71. The molecule has 0 radical (unpaired) electrons. The van der Waals surface area contributed by atoms with Crippen molar-refractivity contribution in [1.82, 2.24) is 0 Å². The number of rotatable bonds is 4. The fourth-order valence-corrected chi connectivity index (χ4v) is 1.54. The van der Waals surface area contributed by atoms with Gasteiger partial charge in [0.1, 0.15) is 6.07 Å². The van der Waals surface area contributed by atoms with Crippen molar-refractivity contribution >= 4 is 21.6 Å². The number of nitrogens with zero attached hydrogens (tertiary/aromatic N) is 1. The van der Waals surface area contributed by atoms with Crippen molar-refractivity contribution in [2.45, 2.75) is 6.92 Å². The van der Waals surface area contributed by atoms with E-state index in [0.29, 0.717) is 5.56 Å². The molecule has 0 bridgehead atoms. The minimum absolute atomic E-state index is 0.171. The van der Waals surface area contributed by atoms with Crippen molar-refractivity contribution in [3.63, 3.8) is 0 Å². The Morgan fingerprint density at radius 2 is 2.33 bits per heavy atom. The van der Waals surface area contributed by atoms with Crippen molar-refractivity contribution in [3.05, 3.63) is 28.2 Å². The highest BCUT2D eigenvalue weighted by molar-refractivity contribution is 9.10. The maximum Gasteiger partial charge on any atom is 0.100 e. The van der Waals surface area contributed by atoms with E-state index in [2.05, 4.69) is 27.3 Å². The van der Waals surface area contributed by atoms with Crippen LogP contribution in [0.1, 0.15) is 12.5 Å². The van der Waals surface area contributed by atoms with Crippen LogP contribution in [0.2, 0.25) is 0 Å². The topological polar surface area (TPSA) is 56.0 Å². The Morgan fingerprint density at radius 1 is 1.60 bits per heavy atom. The molecule has 4 heteroatoms. The molecule has 3 nitrogen and oxygen atoms in total. The third kappa shape index (κ3) is 3.54. The van der Waals surface area contributed by atoms with Crippen LogP contribution in [-0.4, -0.2) is 18.3 Å². The molecule has 0 saturated carbocycles. The number of benzene rings is 1. The van der Waals surface area contributed by atoms with Crippen LogP contribution in [0, 0.1) is 17.2 Å². The van der Waals surface area contributed by atoms with Gasteiger partial charge in [-0.2, -0.15) is 5.26 Å². The van der Waals surface area contributed by atoms with Gasteiger partial charge in [0.05, 0.1) is 5.56 Å². The van der Waals surface area contributed by atoms with E-state index < -0.39 is 0 Å². The smallest absolute Gasteiger partial charge is 0.100 e. The molecular formula is C11H13BrN2O. The van der Waals surface area contributed by atoms with Gasteiger partial charge in [-0.15, -0.1) is 0 Å². The maximum atomic E-state index is 8.86. The van der Waals surface area contributed by atoms with Crippen LogP contribution >= 0.6 is 15.9 Å². The number of nitriles is 1. The highest BCUT2D eigenvalue weighted by atomic mass is 79.9. The lowest BCUT2D eigenvalue weighted by Gasteiger charge is -2.11.